The van der Waals surface area contributed by atoms with E-state index < -0.39 is 11.9 Å². The molecule has 0 fully saturated rings. The molecule has 0 saturated heterocycles. The highest BCUT2D eigenvalue weighted by Gasteiger charge is 2.22. The summed E-state index contributed by atoms with van der Waals surface area (Å²) in [6.45, 7) is 8.70. The first-order valence-electron chi connectivity index (χ1n) is 6.51. The number of urea groups is 1. The van der Waals surface area contributed by atoms with Crippen LogP contribution in [0.1, 0.15) is 34.1 Å². The van der Waals surface area contributed by atoms with Gasteiger partial charge >= 0.3 is 12.0 Å². The number of carboxylic acids is 1. The number of aliphatic carboxylic acids is 1. The average Bonchev–Trinajstić information content (AvgIpc) is 2.27. The predicted molar refractivity (Wildman–Crippen MR) is 71.4 cm³/mol. The number of rotatable bonds is 7. The molecule has 0 bridgehead atoms. The quantitative estimate of drug-likeness (QED) is 0.734. The van der Waals surface area contributed by atoms with Crippen LogP contribution in [-0.2, 0) is 4.79 Å². The van der Waals surface area contributed by atoms with Crippen LogP contribution in [0.15, 0.2) is 0 Å². The Morgan fingerprint density at radius 1 is 1.28 bits per heavy atom. The van der Waals surface area contributed by atoms with Crippen molar-refractivity contribution < 1.29 is 14.7 Å². The standard InChI is InChI=1S/C13H26N2O3/c1-6-10(4)8-15(5)13(18)14-7-11(9(2)3)12(16)17/h9-11H,6-8H2,1-5H3,(H,14,18)(H,16,17). The van der Waals surface area contributed by atoms with Crippen LogP contribution in [-0.4, -0.2) is 42.1 Å². The molecule has 5 heteroatoms. The van der Waals surface area contributed by atoms with E-state index in [1.165, 1.54) is 0 Å². The highest BCUT2D eigenvalue weighted by atomic mass is 16.4. The van der Waals surface area contributed by atoms with Gasteiger partial charge in [-0.1, -0.05) is 34.1 Å². The Morgan fingerprint density at radius 2 is 1.83 bits per heavy atom. The Kier molecular flexibility index (Phi) is 7.39. The summed E-state index contributed by atoms with van der Waals surface area (Å²) >= 11 is 0. The van der Waals surface area contributed by atoms with Crippen molar-refractivity contribution in [1.29, 1.82) is 0 Å². The summed E-state index contributed by atoms with van der Waals surface area (Å²) in [4.78, 5) is 24.4. The van der Waals surface area contributed by atoms with Crippen LogP contribution in [0.25, 0.3) is 0 Å². The maximum Gasteiger partial charge on any atom is 0.317 e. The van der Waals surface area contributed by atoms with Crippen molar-refractivity contribution >= 4 is 12.0 Å². The molecule has 5 nitrogen and oxygen atoms in total. The molecule has 0 radical (unpaired) electrons. The molecular weight excluding hydrogens is 232 g/mol. The fraction of sp³-hybridized carbons (Fsp3) is 0.846. The number of hydrogen-bond donors (Lipinski definition) is 2. The lowest BCUT2D eigenvalue weighted by Crippen LogP contribution is -2.43. The minimum Gasteiger partial charge on any atom is -0.481 e. The highest BCUT2D eigenvalue weighted by molar-refractivity contribution is 5.75. The van der Waals surface area contributed by atoms with Gasteiger partial charge in [0, 0.05) is 20.1 Å². The van der Waals surface area contributed by atoms with E-state index >= 15 is 0 Å². The van der Waals surface area contributed by atoms with Gasteiger partial charge in [0.25, 0.3) is 0 Å². The second-order valence-corrected chi connectivity index (χ2v) is 5.27. The Morgan fingerprint density at radius 3 is 2.22 bits per heavy atom. The molecule has 0 aliphatic heterocycles. The SMILES string of the molecule is CCC(C)CN(C)C(=O)NCC(C(=O)O)C(C)C. The van der Waals surface area contributed by atoms with Crippen molar-refractivity contribution in [2.45, 2.75) is 34.1 Å². The van der Waals surface area contributed by atoms with Crippen molar-refractivity contribution in [2.75, 3.05) is 20.1 Å². The largest absolute Gasteiger partial charge is 0.481 e. The van der Waals surface area contributed by atoms with Gasteiger partial charge in [-0.3, -0.25) is 4.79 Å². The molecule has 0 aliphatic carbocycles. The molecule has 0 aliphatic rings. The maximum atomic E-state index is 11.8. The predicted octanol–water partition coefficient (Wildman–Crippen LogP) is 2.03. The summed E-state index contributed by atoms with van der Waals surface area (Å²) in [7, 11) is 1.73. The van der Waals surface area contributed by atoms with Crippen molar-refractivity contribution in [1.82, 2.24) is 10.2 Å². The third-order valence-corrected chi connectivity index (χ3v) is 3.22. The normalized spacial score (nSPS) is 14.1. The second-order valence-electron chi connectivity index (χ2n) is 5.27. The van der Waals surface area contributed by atoms with Gasteiger partial charge in [-0.2, -0.15) is 0 Å². The Balaban J connectivity index is 4.19. The van der Waals surface area contributed by atoms with E-state index in [-0.39, 0.29) is 18.5 Å². The zero-order valence-corrected chi connectivity index (χ0v) is 12.1. The van der Waals surface area contributed by atoms with Gasteiger partial charge in [0.2, 0.25) is 0 Å². The van der Waals surface area contributed by atoms with E-state index in [2.05, 4.69) is 19.2 Å². The van der Waals surface area contributed by atoms with Gasteiger partial charge in [-0.15, -0.1) is 0 Å². The van der Waals surface area contributed by atoms with Crippen molar-refractivity contribution in [3.8, 4) is 0 Å². The van der Waals surface area contributed by atoms with Gasteiger partial charge in [0.1, 0.15) is 0 Å². The fourth-order valence-electron chi connectivity index (χ4n) is 1.62. The molecule has 0 saturated carbocycles. The third kappa shape index (κ3) is 5.89. The molecule has 0 aromatic heterocycles. The Bertz CT molecular complexity index is 279. The first-order chi connectivity index (χ1) is 8.29. The van der Waals surface area contributed by atoms with Crippen molar-refractivity contribution in [3.05, 3.63) is 0 Å². The number of amides is 2. The molecule has 18 heavy (non-hydrogen) atoms. The van der Waals surface area contributed by atoms with Crippen LogP contribution in [0.2, 0.25) is 0 Å². The number of nitrogens with zero attached hydrogens (tertiary/aromatic N) is 1. The van der Waals surface area contributed by atoms with Gasteiger partial charge < -0.3 is 15.3 Å². The lowest BCUT2D eigenvalue weighted by atomic mass is 9.96. The summed E-state index contributed by atoms with van der Waals surface area (Å²) in [5.41, 5.74) is 0. The fourth-order valence-corrected chi connectivity index (χ4v) is 1.62. The minimum absolute atomic E-state index is 0.00247. The Hall–Kier alpha value is -1.26. The van der Waals surface area contributed by atoms with E-state index in [1.54, 1.807) is 11.9 Å². The number of carboxylic acid groups (broad SMARTS) is 1. The van der Waals surface area contributed by atoms with Crippen LogP contribution in [0.3, 0.4) is 0 Å². The molecule has 2 amide bonds. The third-order valence-electron chi connectivity index (χ3n) is 3.22. The van der Waals surface area contributed by atoms with Crippen LogP contribution in [0.4, 0.5) is 4.79 Å². The van der Waals surface area contributed by atoms with E-state index in [0.29, 0.717) is 12.5 Å². The number of nitrogens with one attached hydrogen (secondary N) is 1. The average molecular weight is 258 g/mol. The lowest BCUT2D eigenvalue weighted by Gasteiger charge is -2.23. The summed E-state index contributed by atoms with van der Waals surface area (Å²) in [5, 5.41) is 11.7. The van der Waals surface area contributed by atoms with E-state index in [9.17, 15) is 9.59 Å². The topological polar surface area (TPSA) is 69.6 Å². The van der Waals surface area contributed by atoms with E-state index in [0.717, 1.165) is 6.42 Å². The highest BCUT2D eigenvalue weighted by Crippen LogP contribution is 2.10. The van der Waals surface area contributed by atoms with Crippen LogP contribution < -0.4 is 5.32 Å². The molecule has 2 atom stereocenters. The van der Waals surface area contributed by atoms with Gasteiger partial charge in [-0.25, -0.2) is 4.79 Å². The van der Waals surface area contributed by atoms with E-state index in [4.69, 9.17) is 5.11 Å². The van der Waals surface area contributed by atoms with Crippen LogP contribution in [0, 0.1) is 17.8 Å². The van der Waals surface area contributed by atoms with E-state index in [1.807, 2.05) is 13.8 Å². The van der Waals surface area contributed by atoms with Gasteiger partial charge in [-0.05, 0) is 11.8 Å². The number of hydrogen-bond acceptors (Lipinski definition) is 2. The zero-order chi connectivity index (χ0) is 14.3. The molecule has 0 aromatic carbocycles. The van der Waals surface area contributed by atoms with Crippen LogP contribution >= 0.6 is 0 Å². The molecule has 2 N–H and O–H groups in total. The first kappa shape index (κ1) is 16.7. The molecule has 0 heterocycles. The number of carbonyl (C=O) groups excluding carboxylic acids is 1. The van der Waals surface area contributed by atoms with Crippen LogP contribution in [0.5, 0.6) is 0 Å². The summed E-state index contributed by atoms with van der Waals surface area (Å²) in [5.74, 6) is -0.954. The molecular formula is C13H26N2O3. The lowest BCUT2D eigenvalue weighted by molar-refractivity contribution is -0.142. The van der Waals surface area contributed by atoms with Gasteiger partial charge in [0.05, 0.1) is 5.92 Å². The summed E-state index contributed by atoms with van der Waals surface area (Å²) in [6, 6.07) is -0.206. The molecule has 2 unspecified atom stereocenters. The molecule has 0 rings (SSSR count). The molecule has 106 valence electrons. The number of carbonyl (C=O) groups is 2. The Labute approximate surface area is 110 Å². The molecule has 0 aromatic rings. The monoisotopic (exact) mass is 258 g/mol. The minimum atomic E-state index is -0.866. The van der Waals surface area contributed by atoms with Crippen molar-refractivity contribution in [3.63, 3.8) is 0 Å². The summed E-state index contributed by atoms with van der Waals surface area (Å²) in [6.07, 6.45) is 1.02. The zero-order valence-electron chi connectivity index (χ0n) is 12.1. The second kappa shape index (κ2) is 7.95. The van der Waals surface area contributed by atoms with Crippen molar-refractivity contribution in [2.24, 2.45) is 17.8 Å². The summed E-state index contributed by atoms with van der Waals surface area (Å²) < 4.78 is 0. The molecule has 0 spiro atoms. The first-order valence-corrected chi connectivity index (χ1v) is 6.51. The maximum absolute atomic E-state index is 11.8. The van der Waals surface area contributed by atoms with Gasteiger partial charge in [0.15, 0.2) is 0 Å². The smallest absolute Gasteiger partial charge is 0.317 e.